The Kier molecular flexibility index (Phi) is 7.28. The number of carbonyl (C=O) groups is 1. The number of nitriles is 1. The van der Waals surface area contributed by atoms with E-state index in [0.717, 1.165) is 0 Å². The lowest BCUT2D eigenvalue weighted by Crippen LogP contribution is -2.37. The molecule has 3 rings (SSSR count). The highest BCUT2D eigenvalue weighted by Gasteiger charge is 2.26. The first kappa shape index (κ1) is 22.7. The van der Waals surface area contributed by atoms with E-state index in [1.54, 1.807) is 50.2 Å². The standard InChI is InChI=1S/C22H26N4O4S/c1-3-26(4-2)31(28,29)19-8-9-21(25-10-12-30-13-11-25)20(15-19)22(27)24-18-7-5-6-17(14-18)16-23/h5-9,14-15H,3-4,10-13H2,1-2H3,(H,24,27). The minimum absolute atomic E-state index is 0.0733. The van der Waals surface area contributed by atoms with Gasteiger partial charge in [0.05, 0.1) is 35.3 Å². The molecule has 9 heteroatoms. The molecule has 31 heavy (non-hydrogen) atoms. The van der Waals surface area contributed by atoms with Crippen molar-refractivity contribution >= 4 is 27.3 Å². The average Bonchev–Trinajstić information content (AvgIpc) is 2.80. The Morgan fingerprint density at radius 3 is 2.52 bits per heavy atom. The number of anilines is 2. The molecule has 1 N–H and O–H groups in total. The van der Waals surface area contributed by atoms with E-state index in [1.807, 2.05) is 11.0 Å². The average molecular weight is 443 g/mol. The number of hydrogen-bond donors (Lipinski definition) is 1. The van der Waals surface area contributed by atoms with Crippen LogP contribution in [0.4, 0.5) is 11.4 Å². The molecule has 1 heterocycles. The number of carbonyl (C=O) groups excluding carboxylic acids is 1. The van der Waals surface area contributed by atoms with Crippen molar-refractivity contribution in [2.24, 2.45) is 0 Å². The fourth-order valence-electron chi connectivity index (χ4n) is 3.52. The van der Waals surface area contributed by atoms with Crippen LogP contribution in [0.5, 0.6) is 0 Å². The summed E-state index contributed by atoms with van der Waals surface area (Å²) in [4.78, 5) is 15.3. The molecule has 0 saturated carbocycles. The number of amides is 1. The first-order valence-electron chi connectivity index (χ1n) is 10.2. The van der Waals surface area contributed by atoms with Crippen LogP contribution in [0.2, 0.25) is 0 Å². The third-order valence-electron chi connectivity index (χ3n) is 5.16. The molecule has 1 fully saturated rings. The molecule has 0 aliphatic carbocycles. The van der Waals surface area contributed by atoms with Gasteiger partial charge in [-0.1, -0.05) is 19.9 Å². The maximum atomic E-state index is 13.2. The first-order valence-corrected chi connectivity index (χ1v) is 11.6. The van der Waals surface area contributed by atoms with E-state index in [-0.39, 0.29) is 10.5 Å². The maximum absolute atomic E-state index is 13.2. The van der Waals surface area contributed by atoms with Crippen molar-refractivity contribution in [3.63, 3.8) is 0 Å². The zero-order valence-corrected chi connectivity index (χ0v) is 18.5. The van der Waals surface area contributed by atoms with Gasteiger partial charge in [0.25, 0.3) is 5.91 Å². The van der Waals surface area contributed by atoms with E-state index >= 15 is 0 Å². The van der Waals surface area contributed by atoms with E-state index in [0.29, 0.717) is 56.3 Å². The van der Waals surface area contributed by atoms with Crippen LogP contribution in [0.15, 0.2) is 47.4 Å². The van der Waals surface area contributed by atoms with Gasteiger partial charge in [-0.25, -0.2) is 8.42 Å². The van der Waals surface area contributed by atoms with Crippen LogP contribution in [0.25, 0.3) is 0 Å². The first-order chi connectivity index (χ1) is 14.9. The Bertz CT molecular complexity index is 1080. The minimum atomic E-state index is -3.72. The lowest BCUT2D eigenvalue weighted by atomic mass is 10.1. The topological polar surface area (TPSA) is 103 Å². The number of rotatable bonds is 7. The number of benzene rings is 2. The quantitative estimate of drug-likeness (QED) is 0.707. The van der Waals surface area contributed by atoms with Crippen LogP contribution in [-0.2, 0) is 14.8 Å². The third kappa shape index (κ3) is 5.05. The van der Waals surface area contributed by atoms with Gasteiger partial charge in [-0.3, -0.25) is 4.79 Å². The molecule has 0 unspecified atom stereocenters. The molecule has 2 aromatic rings. The Morgan fingerprint density at radius 2 is 1.87 bits per heavy atom. The number of nitrogens with one attached hydrogen (secondary N) is 1. The summed E-state index contributed by atoms with van der Waals surface area (Å²) in [5.74, 6) is -0.437. The zero-order chi connectivity index (χ0) is 22.4. The molecule has 0 bridgehead atoms. The largest absolute Gasteiger partial charge is 0.378 e. The number of ether oxygens (including phenoxy) is 1. The predicted octanol–water partition coefficient (Wildman–Crippen LogP) is 2.68. The molecule has 1 aliphatic rings. The highest BCUT2D eigenvalue weighted by Crippen LogP contribution is 2.28. The molecule has 8 nitrogen and oxygen atoms in total. The summed E-state index contributed by atoms with van der Waals surface area (Å²) in [5.41, 5.74) is 1.80. The molecule has 1 amide bonds. The summed E-state index contributed by atoms with van der Waals surface area (Å²) in [6, 6.07) is 13.3. The molecule has 0 aromatic heterocycles. The summed E-state index contributed by atoms with van der Waals surface area (Å²) in [6.07, 6.45) is 0. The van der Waals surface area contributed by atoms with Gasteiger partial charge in [-0.05, 0) is 36.4 Å². The predicted molar refractivity (Wildman–Crippen MR) is 119 cm³/mol. The number of sulfonamides is 1. The van der Waals surface area contributed by atoms with Gasteiger partial charge in [-0.15, -0.1) is 0 Å². The van der Waals surface area contributed by atoms with Crippen molar-refractivity contribution in [3.8, 4) is 6.07 Å². The second kappa shape index (κ2) is 9.92. The molecule has 0 spiro atoms. The van der Waals surface area contributed by atoms with Crippen LogP contribution >= 0.6 is 0 Å². The highest BCUT2D eigenvalue weighted by molar-refractivity contribution is 7.89. The molecule has 1 aliphatic heterocycles. The van der Waals surface area contributed by atoms with Gasteiger partial charge in [0.2, 0.25) is 10.0 Å². The molecular formula is C22H26N4O4S. The highest BCUT2D eigenvalue weighted by atomic mass is 32.2. The smallest absolute Gasteiger partial charge is 0.257 e. The lowest BCUT2D eigenvalue weighted by Gasteiger charge is -2.30. The molecule has 2 aromatic carbocycles. The summed E-state index contributed by atoms with van der Waals surface area (Å²) >= 11 is 0. The molecule has 1 saturated heterocycles. The fourth-order valence-corrected chi connectivity index (χ4v) is 5.00. The Labute approximate surface area is 183 Å². The van der Waals surface area contributed by atoms with Gasteiger partial charge in [-0.2, -0.15) is 9.57 Å². The zero-order valence-electron chi connectivity index (χ0n) is 17.7. The Hall–Kier alpha value is -2.93. The van der Waals surface area contributed by atoms with Gasteiger partial charge >= 0.3 is 0 Å². The summed E-state index contributed by atoms with van der Waals surface area (Å²) in [6.45, 7) is 6.51. The second-order valence-corrected chi connectivity index (χ2v) is 8.95. The third-order valence-corrected chi connectivity index (χ3v) is 7.20. The number of hydrogen-bond acceptors (Lipinski definition) is 6. The van der Waals surface area contributed by atoms with E-state index in [2.05, 4.69) is 5.32 Å². The van der Waals surface area contributed by atoms with Crippen molar-refractivity contribution in [2.75, 3.05) is 49.6 Å². The number of morpholine rings is 1. The molecular weight excluding hydrogens is 416 g/mol. The van der Waals surface area contributed by atoms with Crippen LogP contribution in [-0.4, -0.2) is 58.0 Å². The second-order valence-electron chi connectivity index (χ2n) is 7.01. The van der Waals surface area contributed by atoms with Gasteiger partial charge in [0.1, 0.15) is 0 Å². The molecule has 0 atom stereocenters. The van der Waals surface area contributed by atoms with E-state index < -0.39 is 15.9 Å². The van der Waals surface area contributed by atoms with Gasteiger partial charge < -0.3 is 15.0 Å². The monoisotopic (exact) mass is 442 g/mol. The SMILES string of the molecule is CCN(CC)S(=O)(=O)c1ccc(N2CCOCC2)c(C(=O)Nc2cccc(C#N)c2)c1. The normalized spacial score (nSPS) is 14.3. The van der Waals surface area contributed by atoms with E-state index in [4.69, 9.17) is 10.00 Å². The van der Waals surface area contributed by atoms with Gasteiger partial charge in [0, 0.05) is 37.6 Å². The Balaban J connectivity index is 2.03. The number of nitrogens with zero attached hydrogens (tertiary/aromatic N) is 3. The van der Waals surface area contributed by atoms with Gasteiger partial charge in [0.15, 0.2) is 0 Å². The summed E-state index contributed by atoms with van der Waals surface area (Å²) in [7, 11) is -3.72. The molecule has 164 valence electrons. The molecule has 0 radical (unpaired) electrons. The van der Waals surface area contributed by atoms with E-state index in [1.165, 1.54) is 10.4 Å². The Morgan fingerprint density at radius 1 is 1.16 bits per heavy atom. The van der Waals surface area contributed by atoms with Crippen LogP contribution in [0, 0.1) is 11.3 Å². The van der Waals surface area contributed by atoms with Crippen LogP contribution < -0.4 is 10.2 Å². The van der Waals surface area contributed by atoms with Crippen molar-refractivity contribution in [2.45, 2.75) is 18.7 Å². The van der Waals surface area contributed by atoms with Crippen molar-refractivity contribution in [1.82, 2.24) is 4.31 Å². The lowest BCUT2D eigenvalue weighted by molar-refractivity contribution is 0.102. The van der Waals surface area contributed by atoms with E-state index in [9.17, 15) is 13.2 Å². The summed E-state index contributed by atoms with van der Waals surface area (Å²) in [5, 5.41) is 11.9. The van der Waals surface area contributed by atoms with Crippen molar-refractivity contribution in [3.05, 3.63) is 53.6 Å². The van der Waals surface area contributed by atoms with Crippen molar-refractivity contribution in [1.29, 1.82) is 5.26 Å². The fraction of sp³-hybridized carbons (Fsp3) is 0.364. The maximum Gasteiger partial charge on any atom is 0.257 e. The minimum Gasteiger partial charge on any atom is -0.378 e. The van der Waals surface area contributed by atoms with Crippen LogP contribution in [0.3, 0.4) is 0 Å². The van der Waals surface area contributed by atoms with Crippen molar-refractivity contribution < 1.29 is 17.9 Å². The summed E-state index contributed by atoms with van der Waals surface area (Å²) < 4.78 is 32.8. The van der Waals surface area contributed by atoms with Crippen LogP contribution in [0.1, 0.15) is 29.8 Å².